The van der Waals surface area contributed by atoms with E-state index in [4.69, 9.17) is 0 Å². The second-order valence-corrected chi connectivity index (χ2v) is 11.4. The highest BCUT2D eigenvalue weighted by Gasteiger charge is 2.38. The molecule has 1 aliphatic rings. The van der Waals surface area contributed by atoms with Crippen LogP contribution in [0.3, 0.4) is 0 Å². The predicted molar refractivity (Wildman–Crippen MR) is 82.6 cm³/mol. The van der Waals surface area contributed by atoms with Crippen molar-refractivity contribution in [2.24, 2.45) is 0 Å². The first-order valence-electron chi connectivity index (χ1n) is 6.94. The zero-order chi connectivity index (χ0) is 14.0. The minimum atomic E-state index is -1.19. The summed E-state index contributed by atoms with van der Waals surface area (Å²) in [5.41, 5.74) is 3.55. The van der Waals surface area contributed by atoms with E-state index in [1.807, 2.05) is 23.1 Å². The lowest BCUT2D eigenvalue weighted by molar-refractivity contribution is -0.146. The molecule has 0 radical (unpaired) electrons. The summed E-state index contributed by atoms with van der Waals surface area (Å²) in [6.07, 6.45) is 2.91. The van der Waals surface area contributed by atoms with E-state index < -0.39 is 8.07 Å². The third kappa shape index (κ3) is 3.35. The molecular weight excluding hydrogens is 250 g/mol. The molecule has 1 aliphatic heterocycles. The molecule has 3 heteroatoms. The molecule has 0 saturated carbocycles. The van der Waals surface area contributed by atoms with Gasteiger partial charge in [0.15, 0.2) is 0 Å². The van der Waals surface area contributed by atoms with Gasteiger partial charge < -0.3 is 4.90 Å². The second kappa shape index (κ2) is 5.33. The Morgan fingerprint density at radius 1 is 1.26 bits per heavy atom. The van der Waals surface area contributed by atoms with Crippen molar-refractivity contribution in [1.29, 1.82) is 0 Å². The first-order valence-corrected chi connectivity index (χ1v) is 10.5. The fourth-order valence-electron chi connectivity index (χ4n) is 2.41. The van der Waals surface area contributed by atoms with Crippen LogP contribution in [0.1, 0.15) is 24.9 Å². The highest BCUT2D eigenvalue weighted by atomic mass is 28.3. The molecular formula is C16H23NOSi. The lowest BCUT2D eigenvalue weighted by Crippen LogP contribution is -2.52. The fraction of sp³-hybridized carbons (Fsp3) is 0.438. The summed E-state index contributed by atoms with van der Waals surface area (Å²) < 4.78 is 0. The summed E-state index contributed by atoms with van der Waals surface area (Å²) in [6, 6.07) is 10.7. The normalized spacial score (nSPS) is 21.6. The van der Waals surface area contributed by atoms with E-state index in [0.29, 0.717) is 6.42 Å². The zero-order valence-electron chi connectivity index (χ0n) is 12.3. The van der Waals surface area contributed by atoms with E-state index in [0.717, 1.165) is 0 Å². The Morgan fingerprint density at radius 2 is 1.89 bits per heavy atom. The molecule has 0 unspecified atom stereocenters. The van der Waals surface area contributed by atoms with Crippen LogP contribution in [-0.4, -0.2) is 24.9 Å². The maximum atomic E-state index is 11.9. The Balaban J connectivity index is 2.10. The number of benzene rings is 1. The third-order valence-corrected chi connectivity index (χ3v) is 4.74. The maximum absolute atomic E-state index is 11.9. The van der Waals surface area contributed by atoms with Crippen LogP contribution in [0.25, 0.3) is 0 Å². The Bertz CT molecular complexity index is 475. The zero-order valence-corrected chi connectivity index (χ0v) is 13.3. The molecule has 102 valence electrons. The molecule has 2 rings (SSSR count). The van der Waals surface area contributed by atoms with Gasteiger partial charge in [0.1, 0.15) is 0 Å². The average molecular weight is 273 g/mol. The van der Waals surface area contributed by atoms with E-state index in [2.05, 4.69) is 50.5 Å². The predicted octanol–water partition coefficient (Wildman–Crippen LogP) is 3.78. The van der Waals surface area contributed by atoms with Crippen molar-refractivity contribution >= 4 is 14.0 Å². The number of nitrogens with zero attached hydrogens (tertiary/aromatic N) is 1. The van der Waals surface area contributed by atoms with E-state index in [9.17, 15) is 4.79 Å². The Morgan fingerprint density at radius 3 is 2.42 bits per heavy atom. The highest BCUT2D eigenvalue weighted by Crippen LogP contribution is 2.32. The standard InChI is InChI=1S/C16H23NOSi/c1-13(14-8-6-5-7-9-14)17-15(12-16(17)18)10-11-19(2,3)4/h5-11,13,15H,12H2,1-4H3/b11-10+/t13-,15-/m1/s1. The average Bonchev–Trinajstić information content (AvgIpc) is 2.34. The largest absolute Gasteiger partial charge is 0.329 e. The minimum Gasteiger partial charge on any atom is -0.329 e. The molecule has 1 heterocycles. The molecule has 2 nitrogen and oxygen atoms in total. The molecule has 0 spiro atoms. The van der Waals surface area contributed by atoms with Gasteiger partial charge in [-0.05, 0) is 12.5 Å². The van der Waals surface area contributed by atoms with E-state index >= 15 is 0 Å². The van der Waals surface area contributed by atoms with Gasteiger partial charge in [0.25, 0.3) is 0 Å². The van der Waals surface area contributed by atoms with Crippen molar-refractivity contribution in [2.75, 3.05) is 0 Å². The van der Waals surface area contributed by atoms with Gasteiger partial charge in [0, 0.05) is 0 Å². The van der Waals surface area contributed by atoms with Crippen molar-refractivity contribution < 1.29 is 4.79 Å². The molecule has 0 N–H and O–H groups in total. The minimum absolute atomic E-state index is 0.165. The molecule has 1 saturated heterocycles. The summed E-state index contributed by atoms with van der Waals surface area (Å²) in [4.78, 5) is 13.9. The molecule has 2 atom stereocenters. The number of hydrogen-bond donors (Lipinski definition) is 0. The third-order valence-electron chi connectivity index (χ3n) is 3.55. The summed E-state index contributed by atoms with van der Waals surface area (Å²) in [5, 5.41) is 0. The van der Waals surface area contributed by atoms with Gasteiger partial charge >= 0.3 is 0 Å². The van der Waals surface area contributed by atoms with Crippen LogP contribution in [0.5, 0.6) is 0 Å². The molecule has 1 fully saturated rings. The number of carbonyl (C=O) groups is 1. The Labute approximate surface area is 117 Å². The Kier molecular flexibility index (Phi) is 3.95. The topological polar surface area (TPSA) is 20.3 Å². The van der Waals surface area contributed by atoms with Crippen LogP contribution in [-0.2, 0) is 4.79 Å². The number of amides is 1. The number of β-lactam (4-membered cyclic amide) rings is 1. The van der Waals surface area contributed by atoms with Crippen LogP contribution >= 0.6 is 0 Å². The molecule has 1 amide bonds. The molecule has 1 aromatic carbocycles. The van der Waals surface area contributed by atoms with Gasteiger partial charge in [0.2, 0.25) is 5.91 Å². The summed E-state index contributed by atoms with van der Waals surface area (Å²) in [7, 11) is -1.19. The van der Waals surface area contributed by atoms with Crippen LogP contribution < -0.4 is 0 Å². The van der Waals surface area contributed by atoms with Crippen LogP contribution in [0.15, 0.2) is 42.1 Å². The number of carbonyl (C=O) groups excluding carboxylic acids is 1. The van der Waals surface area contributed by atoms with Crippen LogP contribution in [0.4, 0.5) is 0 Å². The van der Waals surface area contributed by atoms with E-state index in [-0.39, 0.29) is 18.0 Å². The summed E-state index contributed by atoms with van der Waals surface area (Å²) in [6.45, 7) is 9.06. The first-order chi connectivity index (χ1) is 8.88. The lowest BCUT2D eigenvalue weighted by atomic mass is 9.95. The summed E-state index contributed by atoms with van der Waals surface area (Å²) in [5.74, 6) is 0.265. The highest BCUT2D eigenvalue weighted by molar-refractivity contribution is 6.80. The molecule has 19 heavy (non-hydrogen) atoms. The van der Waals surface area contributed by atoms with Crippen LogP contribution in [0.2, 0.25) is 19.6 Å². The number of likely N-dealkylation sites (tertiary alicyclic amines) is 1. The molecule has 1 aromatic rings. The lowest BCUT2D eigenvalue weighted by Gasteiger charge is -2.43. The van der Waals surface area contributed by atoms with Gasteiger partial charge in [0.05, 0.1) is 26.6 Å². The van der Waals surface area contributed by atoms with Gasteiger partial charge in [-0.1, -0.05) is 61.7 Å². The van der Waals surface area contributed by atoms with Crippen molar-refractivity contribution in [3.63, 3.8) is 0 Å². The molecule has 0 aromatic heterocycles. The quantitative estimate of drug-likeness (QED) is 0.604. The monoisotopic (exact) mass is 273 g/mol. The molecule has 0 bridgehead atoms. The van der Waals surface area contributed by atoms with Gasteiger partial charge in [-0.2, -0.15) is 0 Å². The number of hydrogen-bond acceptors (Lipinski definition) is 1. The van der Waals surface area contributed by atoms with Crippen molar-refractivity contribution in [2.45, 2.75) is 45.1 Å². The smallest absolute Gasteiger partial charge is 0.225 e. The van der Waals surface area contributed by atoms with Crippen molar-refractivity contribution in [1.82, 2.24) is 4.90 Å². The second-order valence-electron chi connectivity index (χ2n) is 6.38. The fourth-order valence-corrected chi connectivity index (χ4v) is 3.21. The molecule has 0 aliphatic carbocycles. The van der Waals surface area contributed by atoms with Gasteiger partial charge in [-0.3, -0.25) is 4.79 Å². The first kappa shape index (κ1) is 14.1. The maximum Gasteiger partial charge on any atom is 0.225 e. The van der Waals surface area contributed by atoms with Crippen LogP contribution in [0, 0.1) is 0 Å². The SMILES string of the molecule is C[C@H](c1ccccc1)N1C(=O)C[C@H]1/C=C/[Si](C)(C)C. The van der Waals surface area contributed by atoms with Gasteiger partial charge in [-0.25, -0.2) is 0 Å². The van der Waals surface area contributed by atoms with E-state index in [1.165, 1.54) is 5.56 Å². The van der Waals surface area contributed by atoms with Crippen molar-refractivity contribution in [3.8, 4) is 0 Å². The van der Waals surface area contributed by atoms with E-state index in [1.54, 1.807) is 0 Å². The Hall–Kier alpha value is -1.35. The summed E-state index contributed by atoms with van der Waals surface area (Å²) >= 11 is 0. The van der Waals surface area contributed by atoms with Crippen molar-refractivity contribution in [3.05, 3.63) is 47.7 Å². The van der Waals surface area contributed by atoms with Gasteiger partial charge in [-0.15, -0.1) is 0 Å². The number of rotatable bonds is 4.